The second-order valence-corrected chi connectivity index (χ2v) is 8.22. The molecule has 0 bridgehead atoms. The number of thiocarbonyl (C=S) groups is 1. The van der Waals surface area contributed by atoms with Crippen LogP contribution in [0.4, 0.5) is 5.69 Å². The summed E-state index contributed by atoms with van der Waals surface area (Å²) < 4.78 is 5.74. The Balaban J connectivity index is 1.53. The average molecular weight is 473 g/mol. The Kier molecular flexibility index (Phi) is 8.29. The van der Waals surface area contributed by atoms with Gasteiger partial charge in [0.25, 0.3) is 0 Å². The molecule has 7 heteroatoms. The first kappa shape index (κ1) is 23.1. The molecule has 0 spiro atoms. The molecule has 1 aromatic heterocycles. The second-order valence-electron chi connectivity index (χ2n) is 6.94. The van der Waals surface area contributed by atoms with E-state index < -0.39 is 0 Å². The number of hydrogen-bond acceptors (Lipinski definition) is 3. The number of rotatable bonds is 7. The molecule has 3 rings (SSSR count). The lowest BCUT2D eigenvalue weighted by Crippen LogP contribution is -2.32. The predicted molar refractivity (Wildman–Crippen MR) is 133 cm³/mol. The zero-order valence-corrected chi connectivity index (χ0v) is 19.3. The van der Waals surface area contributed by atoms with Gasteiger partial charge in [0.1, 0.15) is 11.5 Å². The van der Waals surface area contributed by atoms with E-state index in [1.807, 2.05) is 12.1 Å². The Hall–Kier alpha value is -2.60. The highest BCUT2D eigenvalue weighted by atomic mass is 35.5. The van der Waals surface area contributed by atoms with Gasteiger partial charge in [-0.15, -0.1) is 0 Å². The minimum absolute atomic E-state index is 0.227. The maximum atomic E-state index is 12.2. The smallest absolute Gasteiger partial charge is 0.250 e. The number of furan rings is 1. The van der Waals surface area contributed by atoms with Crippen LogP contribution in [0.15, 0.2) is 65.1 Å². The maximum absolute atomic E-state index is 12.2. The Morgan fingerprint density at radius 1 is 1.06 bits per heavy atom. The van der Waals surface area contributed by atoms with Crippen molar-refractivity contribution in [3.63, 3.8) is 0 Å². The van der Waals surface area contributed by atoms with Crippen molar-refractivity contribution < 1.29 is 9.21 Å². The molecule has 0 radical (unpaired) electrons. The number of nitrogens with one attached hydrogen (secondary N) is 2. The fraction of sp³-hybridized carbons (Fsp3) is 0.167. The molecule has 0 aliphatic heterocycles. The van der Waals surface area contributed by atoms with Crippen LogP contribution in [0, 0.1) is 0 Å². The lowest BCUT2D eigenvalue weighted by atomic mass is 10.1. The molecule has 2 N–H and O–H groups in total. The van der Waals surface area contributed by atoms with Gasteiger partial charge in [-0.2, -0.15) is 0 Å². The number of unbranched alkanes of at least 4 members (excludes halogenated alkanes) is 1. The number of anilines is 1. The van der Waals surface area contributed by atoms with Crippen LogP contribution < -0.4 is 10.6 Å². The van der Waals surface area contributed by atoms with Crippen LogP contribution in [0.25, 0.3) is 17.4 Å². The molecule has 2 aromatic carbocycles. The van der Waals surface area contributed by atoms with Crippen molar-refractivity contribution in [3.05, 3.63) is 82.0 Å². The van der Waals surface area contributed by atoms with Crippen LogP contribution in [-0.4, -0.2) is 11.0 Å². The SMILES string of the molecule is CCCCc1ccc(NC(=S)NC(=O)/C=C/c2ccc(-c3cc(Cl)cc(Cl)c3)o2)cc1. The minimum Gasteiger partial charge on any atom is -0.457 e. The van der Waals surface area contributed by atoms with Crippen molar-refractivity contribution in [2.24, 2.45) is 0 Å². The first-order chi connectivity index (χ1) is 14.9. The molecular weight excluding hydrogens is 451 g/mol. The molecular formula is C24H22Cl2N2O2S. The van der Waals surface area contributed by atoms with Crippen molar-refractivity contribution in [1.29, 1.82) is 0 Å². The molecule has 0 aliphatic carbocycles. The van der Waals surface area contributed by atoms with E-state index in [1.165, 1.54) is 11.6 Å². The number of hydrogen-bond donors (Lipinski definition) is 2. The summed E-state index contributed by atoms with van der Waals surface area (Å²) in [5.41, 5.74) is 2.86. The zero-order chi connectivity index (χ0) is 22.2. The molecule has 0 saturated carbocycles. The number of carbonyl (C=O) groups excluding carboxylic acids is 1. The van der Waals surface area contributed by atoms with Gasteiger partial charge in [-0.05, 0) is 79.2 Å². The van der Waals surface area contributed by atoms with Gasteiger partial charge in [0, 0.05) is 27.4 Å². The standard InChI is InChI=1S/C24H22Cl2N2O2S/c1-2-3-4-16-5-7-20(8-6-16)27-24(31)28-23(29)12-10-21-9-11-22(30-21)17-13-18(25)15-19(26)14-17/h5-15H,2-4H2,1H3,(H2,27,28,29,31)/b12-10+. The van der Waals surface area contributed by atoms with E-state index >= 15 is 0 Å². The number of carbonyl (C=O) groups is 1. The lowest BCUT2D eigenvalue weighted by molar-refractivity contribution is -0.115. The molecule has 0 fully saturated rings. The van der Waals surface area contributed by atoms with Gasteiger partial charge in [0.15, 0.2) is 5.11 Å². The first-order valence-corrected chi connectivity index (χ1v) is 11.0. The van der Waals surface area contributed by atoms with Crippen LogP contribution >= 0.6 is 35.4 Å². The van der Waals surface area contributed by atoms with Gasteiger partial charge < -0.3 is 9.73 Å². The topological polar surface area (TPSA) is 54.3 Å². The molecule has 1 heterocycles. The summed E-state index contributed by atoms with van der Waals surface area (Å²) in [6.45, 7) is 2.17. The van der Waals surface area contributed by atoms with Gasteiger partial charge in [0.2, 0.25) is 5.91 Å². The lowest BCUT2D eigenvalue weighted by Gasteiger charge is -2.09. The Labute approximate surface area is 197 Å². The molecule has 0 atom stereocenters. The van der Waals surface area contributed by atoms with E-state index in [0.29, 0.717) is 21.6 Å². The van der Waals surface area contributed by atoms with Crippen LogP contribution in [0.2, 0.25) is 10.0 Å². The normalized spacial score (nSPS) is 10.9. The van der Waals surface area contributed by atoms with E-state index in [0.717, 1.165) is 30.5 Å². The number of benzene rings is 2. The Bertz CT molecular complexity index is 1070. The molecule has 3 aromatic rings. The van der Waals surface area contributed by atoms with Gasteiger partial charge >= 0.3 is 0 Å². The number of halogens is 2. The van der Waals surface area contributed by atoms with Gasteiger partial charge in [-0.1, -0.05) is 48.7 Å². The number of amides is 1. The van der Waals surface area contributed by atoms with E-state index in [1.54, 1.807) is 36.4 Å². The van der Waals surface area contributed by atoms with Crippen molar-refractivity contribution in [3.8, 4) is 11.3 Å². The molecule has 0 saturated heterocycles. The largest absolute Gasteiger partial charge is 0.457 e. The minimum atomic E-state index is -0.360. The summed E-state index contributed by atoms with van der Waals surface area (Å²) >= 11 is 17.3. The fourth-order valence-corrected chi connectivity index (χ4v) is 3.65. The summed E-state index contributed by atoms with van der Waals surface area (Å²) in [7, 11) is 0. The second kappa shape index (κ2) is 11.1. The Morgan fingerprint density at radius 3 is 2.45 bits per heavy atom. The van der Waals surface area contributed by atoms with Gasteiger partial charge in [-0.3, -0.25) is 10.1 Å². The molecule has 0 unspecified atom stereocenters. The van der Waals surface area contributed by atoms with E-state index in [4.69, 9.17) is 39.8 Å². The average Bonchev–Trinajstić information content (AvgIpc) is 3.20. The van der Waals surface area contributed by atoms with Crippen molar-refractivity contribution in [1.82, 2.24) is 5.32 Å². The summed E-state index contributed by atoms with van der Waals surface area (Å²) in [5.74, 6) is 0.757. The summed E-state index contributed by atoms with van der Waals surface area (Å²) in [6.07, 6.45) is 6.31. The summed E-state index contributed by atoms with van der Waals surface area (Å²) in [5, 5.41) is 6.89. The third kappa shape index (κ3) is 7.24. The molecule has 4 nitrogen and oxygen atoms in total. The van der Waals surface area contributed by atoms with Crippen LogP contribution in [-0.2, 0) is 11.2 Å². The van der Waals surface area contributed by atoms with Gasteiger partial charge in [0.05, 0.1) is 0 Å². The van der Waals surface area contributed by atoms with Crippen LogP contribution in [0.3, 0.4) is 0 Å². The highest BCUT2D eigenvalue weighted by Crippen LogP contribution is 2.28. The molecule has 160 valence electrons. The van der Waals surface area contributed by atoms with Crippen molar-refractivity contribution in [2.45, 2.75) is 26.2 Å². The van der Waals surface area contributed by atoms with E-state index in [9.17, 15) is 4.79 Å². The van der Waals surface area contributed by atoms with Crippen molar-refractivity contribution >= 4 is 58.2 Å². The quantitative estimate of drug-likeness (QED) is 0.283. The first-order valence-electron chi connectivity index (χ1n) is 9.88. The van der Waals surface area contributed by atoms with Gasteiger partial charge in [-0.25, -0.2) is 0 Å². The summed E-state index contributed by atoms with van der Waals surface area (Å²) in [4.78, 5) is 12.2. The highest BCUT2D eigenvalue weighted by molar-refractivity contribution is 7.80. The van der Waals surface area contributed by atoms with E-state index in [2.05, 4.69) is 29.7 Å². The zero-order valence-electron chi connectivity index (χ0n) is 17.0. The predicted octanol–water partition coefficient (Wildman–Crippen LogP) is 7.12. The third-order valence-electron chi connectivity index (χ3n) is 4.44. The van der Waals surface area contributed by atoms with Crippen LogP contribution in [0.5, 0.6) is 0 Å². The number of aryl methyl sites for hydroxylation is 1. The van der Waals surface area contributed by atoms with E-state index in [-0.39, 0.29) is 11.0 Å². The molecule has 0 aliphatic rings. The maximum Gasteiger partial charge on any atom is 0.250 e. The van der Waals surface area contributed by atoms with Crippen LogP contribution in [0.1, 0.15) is 31.1 Å². The highest BCUT2D eigenvalue weighted by Gasteiger charge is 2.07. The molecule has 31 heavy (non-hydrogen) atoms. The third-order valence-corrected chi connectivity index (χ3v) is 5.08. The fourth-order valence-electron chi connectivity index (χ4n) is 2.90. The monoisotopic (exact) mass is 472 g/mol. The summed E-state index contributed by atoms with van der Waals surface area (Å²) in [6, 6.07) is 16.7. The Morgan fingerprint density at radius 2 is 1.77 bits per heavy atom. The van der Waals surface area contributed by atoms with Crippen molar-refractivity contribution in [2.75, 3.05) is 5.32 Å². The molecule has 1 amide bonds.